The Bertz CT molecular complexity index is 1350. The van der Waals surface area contributed by atoms with E-state index in [4.69, 9.17) is 9.47 Å². The number of alkyl carbamates (subject to hydrolysis) is 1. The quantitative estimate of drug-likeness (QED) is 0.611. The molecule has 0 spiro atoms. The number of aromatic nitrogens is 1. The molecule has 1 aliphatic heterocycles. The van der Waals surface area contributed by atoms with Gasteiger partial charge in [0.05, 0.1) is 28.0 Å². The van der Waals surface area contributed by atoms with Gasteiger partial charge in [-0.05, 0) is 31.4 Å². The van der Waals surface area contributed by atoms with Gasteiger partial charge in [-0.15, -0.1) is 0 Å². The van der Waals surface area contributed by atoms with Crippen LogP contribution in [0.1, 0.15) is 47.3 Å². The van der Waals surface area contributed by atoms with E-state index < -0.39 is 34.4 Å². The Hall–Kier alpha value is -3.88. The number of ether oxygens (including phenoxy) is 2. The molecule has 170 valence electrons. The van der Waals surface area contributed by atoms with Gasteiger partial charge in [-0.1, -0.05) is 30.3 Å². The van der Waals surface area contributed by atoms with Gasteiger partial charge in [-0.25, -0.2) is 14.0 Å². The highest BCUT2D eigenvalue weighted by Gasteiger charge is 2.51. The van der Waals surface area contributed by atoms with Crippen molar-refractivity contribution in [2.45, 2.75) is 38.0 Å². The highest BCUT2D eigenvalue weighted by molar-refractivity contribution is 5.95. The van der Waals surface area contributed by atoms with E-state index in [1.807, 2.05) is 37.3 Å². The number of hydrogen-bond donors (Lipinski definition) is 2. The van der Waals surface area contributed by atoms with Gasteiger partial charge >= 0.3 is 12.1 Å². The molecule has 1 fully saturated rings. The molecule has 1 atom stereocenters. The minimum Gasteiger partial charge on any atom is -0.489 e. The number of carboxylic acid groups (broad SMARTS) is 1. The molecule has 8 nitrogen and oxygen atoms in total. The smallest absolute Gasteiger partial charge is 0.408 e. The Morgan fingerprint density at radius 2 is 2.03 bits per heavy atom. The van der Waals surface area contributed by atoms with E-state index in [0.717, 1.165) is 11.6 Å². The van der Waals surface area contributed by atoms with Crippen molar-refractivity contribution >= 4 is 23.0 Å². The van der Waals surface area contributed by atoms with E-state index in [2.05, 4.69) is 5.32 Å². The summed E-state index contributed by atoms with van der Waals surface area (Å²) in [5.74, 6) is -1.96. The Kier molecular flexibility index (Phi) is 4.84. The standard InChI is InChI=1S/C24H21FN2O6/c1-13-11-32-21-18(17(25)9-15-19(21)27(13)10-16(20(15)28)22(29)30)24(7-8-24)26-23(31)33-12-14-5-3-2-4-6-14/h2-6,9-10,13H,7-8,11-12H2,1H3,(H,26,31)(H,29,30)/t13-/m1/s1. The molecule has 3 aromatic rings. The first-order chi connectivity index (χ1) is 15.8. The van der Waals surface area contributed by atoms with Crippen LogP contribution in [0, 0.1) is 5.82 Å². The molecule has 1 amide bonds. The maximum atomic E-state index is 15.4. The van der Waals surface area contributed by atoms with Crippen LogP contribution >= 0.6 is 0 Å². The van der Waals surface area contributed by atoms with Gasteiger partial charge in [0.25, 0.3) is 0 Å². The van der Waals surface area contributed by atoms with E-state index in [1.54, 1.807) is 4.57 Å². The van der Waals surface area contributed by atoms with Crippen LogP contribution in [0.5, 0.6) is 5.75 Å². The van der Waals surface area contributed by atoms with E-state index in [1.165, 1.54) is 6.20 Å². The second-order valence-corrected chi connectivity index (χ2v) is 8.47. The number of nitrogens with zero attached hydrogens (tertiary/aromatic N) is 1. The summed E-state index contributed by atoms with van der Waals surface area (Å²) in [7, 11) is 0. The van der Waals surface area contributed by atoms with Gasteiger partial charge in [-0.2, -0.15) is 0 Å². The molecule has 2 aromatic carbocycles. The maximum Gasteiger partial charge on any atom is 0.408 e. The Balaban J connectivity index is 1.54. The molecule has 33 heavy (non-hydrogen) atoms. The summed E-state index contributed by atoms with van der Waals surface area (Å²) in [4.78, 5) is 36.8. The van der Waals surface area contributed by atoms with Crippen LogP contribution < -0.4 is 15.5 Å². The number of hydrogen-bond acceptors (Lipinski definition) is 5. The van der Waals surface area contributed by atoms with Gasteiger partial charge < -0.3 is 24.5 Å². The van der Waals surface area contributed by atoms with Crippen LogP contribution in [0.25, 0.3) is 10.9 Å². The Morgan fingerprint density at radius 1 is 1.30 bits per heavy atom. The second-order valence-electron chi connectivity index (χ2n) is 8.47. The van der Waals surface area contributed by atoms with Crippen molar-refractivity contribution < 1.29 is 28.6 Å². The zero-order chi connectivity index (χ0) is 23.3. The van der Waals surface area contributed by atoms with Gasteiger partial charge in [0, 0.05) is 6.20 Å². The number of carboxylic acids is 1. The molecule has 1 saturated carbocycles. The van der Waals surface area contributed by atoms with Crippen molar-refractivity contribution in [3.63, 3.8) is 0 Å². The molecule has 0 bridgehead atoms. The lowest BCUT2D eigenvalue weighted by Crippen LogP contribution is -2.37. The largest absolute Gasteiger partial charge is 0.489 e. The van der Waals surface area contributed by atoms with Gasteiger partial charge in [0.1, 0.15) is 24.6 Å². The SMILES string of the molecule is C[C@@H]1COc2c(C3(NC(=O)OCc4ccccc4)CC3)c(F)cc3c(=O)c(C(=O)O)cn1c23. The third-order valence-electron chi connectivity index (χ3n) is 6.18. The van der Waals surface area contributed by atoms with Crippen LogP contribution in [-0.4, -0.2) is 28.3 Å². The topological polar surface area (TPSA) is 107 Å². The number of pyridine rings is 1. The predicted molar refractivity (Wildman–Crippen MR) is 116 cm³/mol. The van der Waals surface area contributed by atoms with Crippen LogP contribution in [0.4, 0.5) is 9.18 Å². The van der Waals surface area contributed by atoms with Gasteiger partial charge in [0.2, 0.25) is 5.43 Å². The summed E-state index contributed by atoms with van der Waals surface area (Å²) in [6.07, 6.45) is 1.52. The molecule has 2 N–H and O–H groups in total. The number of carbonyl (C=O) groups is 2. The molecule has 9 heteroatoms. The highest BCUT2D eigenvalue weighted by Crippen LogP contribution is 2.52. The third-order valence-corrected chi connectivity index (χ3v) is 6.18. The summed E-state index contributed by atoms with van der Waals surface area (Å²) in [6.45, 7) is 2.05. The minimum atomic E-state index is -1.38. The van der Waals surface area contributed by atoms with Crippen molar-refractivity contribution in [3.8, 4) is 5.75 Å². The number of carbonyl (C=O) groups excluding carboxylic acids is 1. The van der Waals surface area contributed by atoms with Crippen LogP contribution in [0.2, 0.25) is 0 Å². The normalized spacial score (nSPS) is 17.8. The molecule has 1 aromatic heterocycles. The summed E-state index contributed by atoms with van der Waals surface area (Å²) in [5, 5.41) is 12.1. The average molecular weight is 452 g/mol. The van der Waals surface area contributed by atoms with Gasteiger partial charge in [-0.3, -0.25) is 4.79 Å². The summed E-state index contributed by atoms with van der Waals surface area (Å²) in [5.41, 5.74) is -0.939. The molecule has 1 aliphatic carbocycles. The molecule has 0 saturated heterocycles. The molecular formula is C24H21FN2O6. The molecule has 0 radical (unpaired) electrons. The van der Waals surface area contributed by atoms with Crippen molar-refractivity contribution in [2.75, 3.05) is 6.61 Å². The van der Waals surface area contributed by atoms with Crippen LogP contribution in [0.15, 0.2) is 47.4 Å². The third kappa shape index (κ3) is 3.49. The number of halogens is 1. The molecule has 2 heterocycles. The van der Waals surface area contributed by atoms with Crippen molar-refractivity contribution in [3.05, 3.63) is 75.3 Å². The van der Waals surface area contributed by atoms with Crippen molar-refractivity contribution in [2.24, 2.45) is 0 Å². The summed E-state index contributed by atoms with van der Waals surface area (Å²) >= 11 is 0. The fourth-order valence-corrected chi connectivity index (χ4v) is 4.34. The highest BCUT2D eigenvalue weighted by atomic mass is 19.1. The zero-order valence-corrected chi connectivity index (χ0v) is 17.8. The number of rotatable bonds is 5. The Labute approximate surface area is 187 Å². The molecule has 5 rings (SSSR count). The van der Waals surface area contributed by atoms with E-state index >= 15 is 4.39 Å². The number of nitrogens with one attached hydrogen (secondary N) is 1. The average Bonchev–Trinajstić information content (AvgIpc) is 3.56. The number of benzene rings is 2. The first kappa shape index (κ1) is 21.0. The molecule has 2 aliphatic rings. The molecular weight excluding hydrogens is 431 g/mol. The lowest BCUT2D eigenvalue weighted by Gasteiger charge is -2.30. The number of aromatic carboxylic acids is 1. The fraction of sp³-hybridized carbons (Fsp3) is 0.292. The first-order valence-electron chi connectivity index (χ1n) is 10.6. The lowest BCUT2D eigenvalue weighted by atomic mass is 9.97. The fourth-order valence-electron chi connectivity index (χ4n) is 4.34. The van der Waals surface area contributed by atoms with E-state index in [0.29, 0.717) is 18.4 Å². The van der Waals surface area contributed by atoms with Gasteiger partial charge in [0.15, 0.2) is 5.75 Å². The predicted octanol–water partition coefficient (Wildman–Crippen LogP) is 3.71. The zero-order valence-electron chi connectivity index (χ0n) is 17.8. The van der Waals surface area contributed by atoms with E-state index in [-0.39, 0.29) is 36.0 Å². The Morgan fingerprint density at radius 3 is 2.70 bits per heavy atom. The second kappa shape index (κ2) is 7.61. The minimum absolute atomic E-state index is 0.0693. The lowest BCUT2D eigenvalue weighted by molar-refractivity contribution is 0.0694. The monoisotopic (exact) mass is 452 g/mol. The van der Waals surface area contributed by atoms with Crippen molar-refractivity contribution in [1.82, 2.24) is 9.88 Å². The molecule has 0 unspecified atom stereocenters. The van der Waals surface area contributed by atoms with Crippen molar-refractivity contribution in [1.29, 1.82) is 0 Å². The first-order valence-corrected chi connectivity index (χ1v) is 10.6. The van der Waals surface area contributed by atoms with E-state index in [9.17, 15) is 19.5 Å². The van der Waals surface area contributed by atoms with Crippen LogP contribution in [-0.2, 0) is 16.9 Å². The summed E-state index contributed by atoms with van der Waals surface area (Å²) < 4.78 is 28.2. The summed E-state index contributed by atoms with van der Waals surface area (Å²) in [6, 6.07) is 9.95. The van der Waals surface area contributed by atoms with Crippen LogP contribution in [0.3, 0.4) is 0 Å². The number of amides is 1. The maximum absolute atomic E-state index is 15.4.